The van der Waals surface area contributed by atoms with Crippen LogP contribution in [0.4, 0.5) is 0 Å². The van der Waals surface area contributed by atoms with Gasteiger partial charge in [0.15, 0.2) is 0 Å². The van der Waals surface area contributed by atoms with Crippen LogP contribution in [-0.2, 0) is 0 Å². The van der Waals surface area contributed by atoms with Gasteiger partial charge in [0.1, 0.15) is 5.75 Å². The summed E-state index contributed by atoms with van der Waals surface area (Å²) in [5.41, 5.74) is 0. The summed E-state index contributed by atoms with van der Waals surface area (Å²) in [6.45, 7) is 0. The zero-order valence-electron chi connectivity index (χ0n) is 7.52. The van der Waals surface area contributed by atoms with Crippen LogP contribution in [0.1, 0.15) is 0 Å². The van der Waals surface area contributed by atoms with Gasteiger partial charge in [-0.2, -0.15) is 0 Å². The number of aromatic nitrogens is 2. The van der Waals surface area contributed by atoms with Gasteiger partial charge in [-0.15, -0.1) is 0 Å². The summed E-state index contributed by atoms with van der Waals surface area (Å²) in [7, 11) is 0. The highest BCUT2D eigenvalue weighted by atomic mass is 127. The Labute approximate surface area is 109 Å². The van der Waals surface area contributed by atoms with E-state index >= 15 is 0 Å². The summed E-state index contributed by atoms with van der Waals surface area (Å²) >= 11 is 5.50. The predicted molar refractivity (Wildman–Crippen MR) is 69.0 cm³/mol. The summed E-state index contributed by atoms with van der Waals surface area (Å²) in [5.74, 6) is 0.734. The third-order valence-corrected chi connectivity index (χ3v) is 2.75. The van der Waals surface area contributed by atoms with Crippen molar-refractivity contribution < 1.29 is 4.74 Å². The second-order valence-corrected chi connectivity index (χ2v) is 4.90. The molecule has 1 heterocycles. The average molecular weight is 377 g/mol. The number of nitrogens with zero attached hydrogens (tertiary/aromatic N) is 2. The molecular formula is C10H6BrIN2O. The molecule has 0 aliphatic heterocycles. The second-order valence-electron chi connectivity index (χ2n) is 2.74. The molecule has 0 aliphatic rings. The molecule has 0 radical (unpaired) electrons. The van der Waals surface area contributed by atoms with E-state index in [1.807, 2.05) is 24.3 Å². The van der Waals surface area contributed by atoms with Crippen molar-refractivity contribution in [2.75, 3.05) is 0 Å². The fourth-order valence-electron chi connectivity index (χ4n) is 0.961. The second kappa shape index (κ2) is 4.89. The minimum Gasteiger partial charge on any atom is -0.424 e. The van der Waals surface area contributed by atoms with Crippen molar-refractivity contribution in [3.63, 3.8) is 0 Å². The van der Waals surface area contributed by atoms with E-state index in [0.29, 0.717) is 6.01 Å². The van der Waals surface area contributed by atoms with Crippen LogP contribution in [0.25, 0.3) is 0 Å². The van der Waals surface area contributed by atoms with E-state index < -0.39 is 0 Å². The van der Waals surface area contributed by atoms with Gasteiger partial charge in [0.25, 0.3) is 0 Å². The normalized spacial score (nSPS) is 10.0. The highest BCUT2D eigenvalue weighted by Gasteiger charge is 1.99. The molecule has 1 aromatic carbocycles. The first-order valence-corrected chi connectivity index (χ1v) is 6.02. The fraction of sp³-hybridized carbons (Fsp3) is 0. The molecule has 5 heteroatoms. The summed E-state index contributed by atoms with van der Waals surface area (Å²) < 4.78 is 7.44. The molecule has 76 valence electrons. The van der Waals surface area contributed by atoms with Crippen molar-refractivity contribution in [3.05, 3.63) is 44.7 Å². The van der Waals surface area contributed by atoms with Crippen LogP contribution in [0.15, 0.2) is 41.1 Å². The smallest absolute Gasteiger partial charge is 0.321 e. The molecular weight excluding hydrogens is 371 g/mol. The zero-order chi connectivity index (χ0) is 10.7. The summed E-state index contributed by atoms with van der Waals surface area (Å²) in [6, 6.07) is 8.04. The number of halogens is 2. The summed E-state index contributed by atoms with van der Waals surface area (Å²) in [5, 5.41) is 0. The van der Waals surface area contributed by atoms with Gasteiger partial charge < -0.3 is 4.74 Å². The Morgan fingerprint density at radius 2 is 1.67 bits per heavy atom. The summed E-state index contributed by atoms with van der Waals surface area (Å²) in [6.07, 6.45) is 3.30. The van der Waals surface area contributed by atoms with Crippen LogP contribution >= 0.6 is 38.5 Å². The molecule has 15 heavy (non-hydrogen) atoms. The first-order valence-electron chi connectivity index (χ1n) is 4.15. The lowest BCUT2D eigenvalue weighted by molar-refractivity contribution is 0.441. The minimum atomic E-state index is 0.347. The lowest BCUT2D eigenvalue weighted by Crippen LogP contribution is -1.90. The first kappa shape index (κ1) is 10.8. The first-order chi connectivity index (χ1) is 7.24. The average Bonchev–Trinajstić information content (AvgIpc) is 2.25. The fourth-order valence-corrected chi connectivity index (χ4v) is 1.53. The molecule has 2 rings (SSSR count). The molecule has 0 saturated carbocycles. The number of benzene rings is 1. The van der Waals surface area contributed by atoms with Gasteiger partial charge >= 0.3 is 6.01 Å². The highest BCUT2D eigenvalue weighted by Crippen LogP contribution is 2.19. The predicted octanol–water partition coefficient (Wildman–Crippen LogP) is 3.64. The van der Waals surface area contributed by atoms with Crippen LogP contribution in [0.2, 0.25) is 0 Å². The molecule has 0 unspecified atom stereocenters. The topological polar surface area (TPSA) is 35.0 Å². The number of hydrogen-bond acceptors (Lipinski definition) is 3. The largest absolute Gasteiger partial charge is 0.424 e. The van der Waals surface area contributed by atoms with Crippen molar-refractivity contribution >= 4 is 38.5 Å². The number of rotatable bonds is 2. The van der Waals surface area contributed by atoms with E-state index in [1.165, 1.54) is 0 Å². The Balaban J connectivity index is 2.15. The van der Waals surface area contributed by atoms with E-state index in [0.717, 1.165) is 13.8 Å². The highest BCUT2D eigenvalue weighted by molar-refractivity contribution is 14.1. The Hall–Kier alpha value is -0.690. The Bertz CT molecular complexity index is 400. The quantitative estimate of drug-likeness (QED) is 0.750. The maximum absolute atomic E-state index is 5.44. The molecule has 0 bridgehead atoms. The van der Waals surface area contributed by atoms with Gasteiger partial charge in [-0.3, -0.25) is 0 Å². The third-order valence-electron chi connectivity index (χ3n) is 1.62. The third kappa shape index (κ3) is 3.13. The lowest BCUT2D eigenvalue weighted by atomic mass is 10.3. The zero-order valence-corrected chi connectivity index (χ0v) is 11.3. The van der Waals surface area contributed by atoms with Gasteiger partial charge in [-0.05, 0) is 62.8 Å². The molecule has 0 atom stereocenters. The van der Waals surface area contributed by atoms with Gasteiger partial charge in [0, 0.05) is 16.0 Å². The Kier molecular flexibility index (Phi) is 3.53. The van der Waals surface area contributed by atoms with Gasteiger partial charge in [-0.1, -0.05) is 0 Å². The molecule has 1 aromatic heterocycles. The van der Waals surface area contributed by atoms with Crippen LogP contribution in [0.5, 0.6) is 11.8 Å². The van der Waals surface area contributed by atoms with E-state index in [-0.39, 0.29) is 0 Å². The van der Waals surface area contributed by atoms with Crippen molar-refractivity contribution in [1.29, 1.82) is 0 Å². The molecule has 0 spiro atoms. The monoisotopic (exact) mass is 376 g/mol. The van der Waals surface area contributed by atoms with Crippen molar-refractivity contribution in [2.45, 2.75) is 0 Å². The van der Waals surface area contributed by atoms with E-state index in [2.05, 4.69) is 48.5 Å². The Morgan fingerprint density at radius 3 is 2.27 bits per heavy atom. The van der Waals surface area contributed by atoms with E-state index in [9.17, 15) is 0 Å². The number of ether oxygens (including phenoxy) is 1. The maximum Gasteiger partial charge on any atom is 0.321 e. The maximum atomic E-state index is 5.44. The van der Waals surface area contributed by atoms with Crippen molar-refractivity contribution in [1.82, 2.24) is 9.97 Å². The van der Waals surface area contributed by atoms with Crippen LogP contribution in [0, 0.1) is 3.57 Å². The van der Waals surface area contributed by atoms with Crippen LogP contribution in [-0.4, -0.2) is 9.97 Å². The van der Waals surface area contributed by atoms with E-state index in [4.69, 9.17) is 4.74 Å². The number of hydrogen-bond donors (Lipinski definition) is 0. The molecule has 0 N–H and O–H groups in total. The molecule has 0 aliphatic carbocycles. The molecule has 0 saturated heterocycles. The van der Waals surface area contributed by atoms with Gasteiger partial charge in [0.2, 0.25) is 0 Å². The summed E-state index contributed by atoms with van der Waals surface area (Å²) in [4.78, 5) is 8.03. The molecule has 3 nitrogen and oxygen atoms in total. The standard InChI is InChI=1S/C10H6BrIN2O/c11-7-5-13-10(14-6-7)15-9-3-1-8(12)2-4-9/h1-6H. The van der Waals surface area contributed by atoms with Crippen molar-refractivity contribution in [3.8, 4) is 11.8 Å². The van der Waals surface area contributed by atoms with Gasteiger partial charge in [0.05, 0.1) is 4.47 Å². The molecule has 0 fully saturated rings. The molecule has 2 aromatic rings. The van der Waals surface area contributed by atoms with Crippen LogP contribution in [0.3, 0.4) is 0 Å². The lowest BCUT2D eigenvalue weighted by Gasteiger charge is -2.02. The van der Waals surface area contributed by atoms with Gasteiger partial charge in [-0.25, -0.2) is 9.97 Å². The SMILES string of the molecule is Brc1cnc(Oc2ccc(I)cc2)nc1. The molecule has 0 amide bonds. The van der Waals surface area contributed by atoms with Crippen LogP contribution < -0.4 is 4.74 Å². The Morgan fingerprint density at radius 1 is 1.07 bits per heavy atom. The van der Waals surface area contributed by atoms with Crippen molar-refractivity contribution in [2.24, 2.45) is 0 Å². The van der Waals surface area contributed by atoms with E-state index in [1.54, 1.807) is 12.4 Å². The minimum absolute atomic E-state index is 0.347.